The summed E-state index contributed by atoms with van der Waals surface area (Å²) in [6.45, 7) is 0. The van der Waals surface area contributed by atoms with Gasteiger partial charge in [0.15, 0.2) is 0 Å². The van der Waals surface area contributed by atoms with Crippen molar-refractivity contribution in [2.24, 2.45) is 0 Å². The molecule has 0 saturated carbocycles. The second-order valence-corrected chi connectivity index (χ2v) is 9.03. The van der Waals surface area contributed by atoms with Crippen molar-refractivity contribution >= 4 is 44.7 Å². The van der Waals surface area contributed by atoms with Gasteiger partial charge in [0.25, 0.3) is 10.0 Å². The molecule has 4 rings (SSSR count). The Morgan fingerprint density at radius 1 is 0.758 bits per heavy atom. The summed E-state index contributed by atoms with van der Waals surface area (Å²) in [5.41, 5.74) is 2.76. The molecule has 0 saturated heterocycles. The summed E-state index contributed by atoms with van der Waals surface area (Å²) in [4.78, 5) is 16.2. The number of carbonyl (C=O) groups excluding carboxylic acids is 1. The minimum absolute atomic E-state index is 0.175. The summed E-state index contributed by atoms with van der Waals surface area (Å²) in [6, 6.07) is 25.1. The molecule has 33 heavy (non-hydrogen) atoms. The number of pyridine rings is 1. The van der Waals surface area contributed by atoms with Gasteiger partial charge < -0.3 is 10.6 Å². The van der Waals surface area contributed by atoms with Gasteiger partial charge in [0.1, 0.15) is 5.15 Å². The van der Waals surface area contributed by atoms with Gasteiger partial charge in [-0.05, 0) is 48.0 Å². The number of amides is 2. The zero-order chi connectivity index (χ0) is 23.3. The first-order chi connectivity index (χ1) is 15.9. The van der Waals surface area contributed by atoms with Crippen molar-refractivity contribution in [2.75, 3.05) is 15.4 Å². The summed E-state index contributed by atoms with van der Waals surface area (Å²) in [6.07, 6.45) is 1.48. The lowest BCUT2D eigenvalue weighted by Crippen LogP contribution is -2.19. The first kappa shape index (κ1) is 22.3. The van der Waals surface area contributed by atoms with E-state index in [1.807, 2.05) is 30.3 Å². The van der Waals surface area contributed by atoms with Crippen molar-refractivity contribution in [3.8, 4) is 11.1 Å². The Hall–Kier alpha value is -3.88. The van der Waals surface area contributed by atoms with Gasteiger partial charge in [-0.1, -0.05) is 60.1 Å². The van der Waals surface area contributed by atoms with Gasteiger partial charge in [-0.2, -0.15) is 0 Å². The van der Waals surface area contributed by atoms with Crippen molar-refractivity contribution in [3.63, 3.8) is 0 Å². The molecule has 1 aromatic heterocycles. The van der Waals surface area contributed by atoms with Crippen LogP contribution in [-0.4, -0.2) is 19.4 Å². The molecule has 4 aromatic rings. The highest BCUT2D eigenvalue weighted by molar-refractivity contribution is 7.92. The van der Waals surface area contributed by atoms with Crippen LogP contribution in [0.25, 0.3) is 11.1 Å². The molecule has 0 bridgehead atoms. The summed E-state index contributed by atoms with van der Waals surface area (Å²) in [7, 11) is -3.84. The normalized spacial score (nSPS) is 10.9. The quantitative estimate of drug-likeness (QED) is 0.303. The summed E-state index contributed by atoms with van der Waals surface area (Å²) in [5, 5.41) is 5.58. The van der Waals surface area contributed by atoms with Gasteiger partial charge in [-0.15, -0.1) is 0 Å². The lowest BCUT2D eigenvalue weighted by Gasteiger charge is -2.13. The smallest absolute Gasteiger partial charge is 0.308 e. The molecule has 0 fully saturated rings. The molecule has 0 spiro atoms. The van der Waals surface area contributed by atoms with Crippen LogP contribution in [0.5, 0.6) is 0 Å². The third-order valence-electron chi connectivity index (χ3n) is 4.64. The molecule has 0 unspecified atom stereocenters. The lowest BCUT2D eigenvalue weighted by molar-refractivity contribution is 0.262. The lowest BCUT2D eigenvalue weighted by atomic mass is 10.1. The Bertz CT molecular complexity index is 1380. The van der Waals surface area contributed by atoms with Gasteiger partial charge in [0, 0.05) is 28.8 Å². The monoisotopic (exact) mass is 478 g/mol. The number of halogens is 1. The predicted molar refractivity (Wildman–Crippen MR) is 131 cm³/mol. The fourth-order valence-electron chi connectivity index (χ4n) is 3.16. The molecular formula is C24H19ClN4O3S. The Morgan fingerprint density at radius 3 is 2.12 bits per heavy atom. The van der Waals surface area contributed by atoms with Gasteiger partial charge in [0.05, 0.1) is 4.90 Å². The molecule has 0 atom stereocenters. The number of sulfonamides is 1. The molecule has 3 aromatic carbocycles. The number of carbonyl (C=O) groups is 1. The number of hydrogen-bond donors (Lipinski definition) is 3. The van der Waals surface area contributed by atoms with E-state index in [2.05, 4.69) is 20.3 Å². The molecule has 7 nitrogen and oxygen atoms in total. The zero-order valence-electron chi connectivity index (χ0n) is 17.2. The van der Waals surface area contributed by atoms with Crippen molar-refractivity contribution in [1.29, 1.82) is 0 Å². The Kier molecular flexibility index (Phi) is 6.58. The van der Waals surface area contributed by atoms with Crippen LogP contribution in [-0.2, 0) is 10.0 Å². The van der Waals surface area contributed by atoms with Crippen LogP contribution < -0.4 is 15.4 Å². The van der Waals surface area contributed by atoms with Crippen molar-refractivity contribution < 1.29 is 13.2 Å². The molecule has 166 valence electrons. The largest absolute Gasteiger partial charge is 0.323 e. The van der Waals surface area contributed by atoms with Crippen LogP contribution in [0.15, 0.2) is 102 Å². The summed E-state index contributed by atoms with van der Waals surface area (Å²) >= 11 is 5.81. The van der Waals surface area contributed by atoms with Crippen LogP contribution in [0.4, 0.5) is 21.9 Å². The zero-order valence-corrected chi connectivity index (χ0v) is 18.8. The maximum atomic E-state index is 13.1. The van der Waals surface area contributed by atoms with Crippen LogP contribution >= 0.6 is 11.6 Å². The number of aromatic nitrogens is 1. The van der Waals surface area contributed by atoms with Crippen molar-refractivity contribution in [1.82, 2.24) is 4.98 Å². The molecule has 0 aliphatic carbocycles. The first-order valence-electron chi connectivity index (χ1n) is 9.88. The average molecular weight is 479 g/mol. The highest BCUT2D eigenvalue weighted by Crippen LogP contribution is 2.28. The van der Waals surface area contributed by atoms with Crippen LogP contribution in [0.2, 0.25) is 5.15 Å². The van der Waals surface area contributed by atoms with E-state index in [0.717, 1.165) is 5.56 Å². The molecular weight excluding hydrogens is 460 g/mol. The van der Waals surface area contributed by atoms with Crippen LogP contribution in [0.1, 0.15) is 0 Å². The fourth-order valence-corrected chi connectivity index (χ4v) is 4.63. The van der Waals surface area contributed by atoms with E-state index in [1.165, 1.54) is 12.3 Å². The fraction of sp³-hybridized carbons (Fsp3) is 0. The third kappa shape index (κ3) is 5.68. The molecule has 0 aliphatic heterocycles. The molecule has 0 radical (unpaired) electrons. The second-order valence-electron chi connectivity index (χ2n) is 6.99. The van der Waals surface area contributed by atoms with Gasteiger partial charge in [-0.25, -0.2) is 18.2 Å². The molecule has 3 N–H and O–H groups in total. The van der Waals surface area contributed by atoms with Crippen molar-refractivity contribution in [3.05, 3.63) is 102 Å². The topological polar surface area (TPSA) is 100 Å². The van der Waals surface area contributed by atoms with E-state index in [4.69, 9.17) is 11.6 Å². The van der Waals surface area contributed by atoms with E-state index in [1.54, 1.807) is 54.6 Å². The van der Waals surface area contributed by atoms with E-state index in [0.29, 0.717) is 22.6 Å². The van der Waals surface area contributed by atoms with Crippen LogP contribution in [0, 0.1) is 0 Å². The second kappa shape index (κ2) is 9.72. The maximum Gasteiger partial charge on any atom is 0.323 e. The Balaban J connectivity index is 1.46. The highest BCUT2D eigenvalue weighted by atomic mass is 35.5. The van der Waals surface area contributed by atoms with Gasteiger partial charge in [-0.3, -0.25) is 4.72 Å². The maximum absolute atomic E-state index is 13.1. The Labute approximate surface area is 196 Å². The van der Waals surface area contributed by atoms with Crippen molar-refractivity contribution in [2.45, 2.75) is 4.90 Å². The molecule has 1 heterocycles. The van der Waals surface area contributed by atoms with E-state index in [9.17, 15) is 13.2 Å². The number of nitrogens with zero attached hydrogens (tertiary/aromatic N) is 1. The van der Waals surface area contributed by atoms with Gasteiger partial charge >= 0.3 is 6.03 Å². The average Bonchev–Trinajstić information content (AvgIpc) is 2.81. The third-order valence-corrected chi connectivity index (χ3v) is 6.29. The highest BCUT2D eigenvalue weighted by Gasteiger charge is 2.19. The number of nitrogens with one attached hydrogen (secondary N) is 3. The standard InChI is InChI=1S/C24H19ClN4O3S/c25-23-16-20(14-15-26-23)28-24(30)27-18-10-12-19(13-11-18)29-33(31,32)22-9-5-4-8-21(22)17-6-2-1-3-7-17/h1-16,29H,(H2,26,27,28,30). The number of anilines is 3. The van der Waals surface area contributed by atoms with Crippen LogP contribution in [0.3, 0.4) is 0 Å². The number of rotatable bonds is 6. The predicted octanol–water partition coefficient (Wildman–Crippen LogP) is 5.85. The summed E-state index contributed by atoms with van der Waals surface area (Å²) in [5.74, 6) is 0. The first-order valence-corrected chi connectivity index (χ1v) is 11.7. The summed E-state index contributed by atoms with van der Waals surface area (Å²) < 4.78 is 28.8. The molecule has 2 amide bonds. The number of hydrogen-bond acceptors (Lipinski definition) is 4. The minimum Gasteiger partial charge on any atom is -0.308 e. The Morgan fingerprint density at radius 2 is 1.39 bits per heavy atom. The van der Waals surface area contributed by atoms with Gasteiger partial charge in [0.2, 0.25) is 0 Å². The van der Waals surface area contributed by atoms with E-state index < -0.39 is 16.1 Å². The molecule has 9 heteroatoms. The molecule has 0 aliphatic rings. The number of urea groups is 1. The SMILES string of the molecule is O=C(Nc1ccc(NS(=O)(=O)c2ccccc2-c2ccccc2)cc1)Nc1ccnc(Cl)c1. The van der Waals surface area contributed by atoms with E-state index in [-0.39, 0.29) is 10.0 Å². The number of benzene rings is 3. The minimum atomic E-state index is -3.84. The van der Waals surface area contributed by atoms with E-state index >= 15 is 0 Å².